The van der Waals surface area contributed by atoms with E-state index in [0.29, 0.717) is 0 Å². The fourth-order valence-electron chi connectivity index (χ4n) is 1.27. The van der Waals surface area contributed by atoms with Gasteiger partial charge in [0.1, 0.15) is 11.9 Å². The quantitative estimate of drug-likeness (QED) is 0.719. The van der Waals surface area contributed by atoms with E-state index in [2.05, 4.69) is 23.3 Å². The standard InChI is InChI=1S/C10H16N4/c1-3-4-12-8-10-13-5-6-14(10)9(2)7-11/h5-6,9,12H,3-4,8H2,1-2H3. The molecule has 76 valence electrons. The van der Waals surface area contributed by atoms with Gasteiger partial charge in [-0.1, -0.05) is 6.92 Å². The maximum absolute atomic E-state index is 8.78. The third-order valence-electron chi connectivity index (χ3n) is 2.06. The Morgan fingerprint density at radius 1 is 1.71 bits per heavy atom. The molecule has 0 spiro atoms. The van der Waals surface area contributed by atoms with Crippen LogP contribution in [0.4, 0.5) is 0 Å². The molecule has 0 saturated heterocycles. The first-order chi connectivity index (χ1) is 6.79. The van der Waals surface area contributed by atoms with Gasteiger partial charge in [-0.25, -0.2) is 4.98 Å². The van der Waals surface area contributed by atoms with Crippen LogP contribution in [-0.2, 0) is 6.54 Å². The smallest absolute Gasteiger partial charge is 0.123 e. The molecule has 4 nitrogen and oxygen atoms in total. The van der Waals surface area contributed by atoms with Crippen LogP contribution in [0.15, 0.2) is 12.4 Å². The molecule has 1 unspecified atom stereocenters. The van der Waals surface area contributed by atoms with E-state index < -0.39 is 0 Å². The molecular formula is C10H16N4. The van der Waals surface area contributed by atoms with Gasteiger partial charge in [0.05, 0.1) is 12.6 Å². The lowest BCUT2D eigenvalue weighted by molar-refractivity contribution is 0.579. The highest BCUT2D eigenvalue weighted by Crippen LogP contribution is 2.07. The van der Waals surface area contributed by atoms with Crippen molar-refractivity contribution in [1.29, 1.82) is 5.26 Å². The summed E-state index contributed by atoms with van der Waals surface area (Å²) in [5.41, 5.74) is 0. The molecule has 0 aliphatic rings. The number of nitrogens with one attached hydrogen (secondary N) is 1. The molecule has 1 atom stereocenters. The average molecular weight is 192 g/mol. The Labute approximate surface area is 84.6 Å². The minimum atomic E-state index is -0.143. The van der Waals surface area contributed by atoms with Crippen molar-refractivity contribution >= 4 is 0 Å². The number of aromatic nitrogens is 2. The molecule has 0 aliphatic heterocycles. The van der Waals surface area contributed by atoms with Crippen LogP contribution < -0.4 is 5.32 Å². The topological polar surface area (TPSA) is 53.6 Å². The average Bonchev–Trinajstić information content (AvgIpc) is 2.65. The Hall–Kier alpha value is -1.34. The lowest BCUT2D eigenvalue weighted by atomic mass is 10.3. The van der Waals surface area contributed by atoms with Gasteiger partial charge in [0.25, 0.3) is 0 Å². The van der Waals surface area contributed by atoms with Crippen LogP contribution >= 0.6 is 0 Å². The van der Waals surface area contributed by atoms with E-state index in [4.69, 9.17) is 5.26 Å². The molecule has 1 rings (SSSR count). The number of hydrogen-bond acceptors (Lipinski definition) is 3. The SMILES string of the molecule is CCCNCc1nccn1C(C)C#N. The highest BCUT2D eigenvalue weighted by atomic mass is 15.1. The van der Waals surface area contributed by atoms with Crippen molar-refractivity contribution in [1.82, 2.24) is 14.9 Å². The second kappa shape index (κ2) is 5.40. The normalized spacial score (nSPS) is 12.4. The number of nitriles is 1. The minimum Gasteiger partial charge on any atom is -0.318 e. The highest BCUT2D eigenvalue weighted by molar-refractivity contribution is 4.99. The van der Waals surface area contributed by atoms with E-state index >= 15 is 0 Å². The first-order valence-electron chi connectivity index (χ1n) is 4.91. The van der Waals surface area contributed by atoms with Crippen LogP contribution in [-0.4, -0.2) is 16.1 Å². The first-order valence-corrected chi connectivity index (χ1v) is 4.91. The lowest BCUT2D eigenvalue weighted by Crippen LogP contribution is -2.18. The molecule has 14 heavy (non-hydrogen) atoms. The zero-order chi connectivity index (χ0) is 10.4. The Morgan fingerprint density at radius 3 is 3.14 bits per heavy atom. The monoisotopic (exact) mass is 192 g/mol. The van der Waals surface area contributed by atoms with Gasteiger partial charge in [-0.15, -0.1) is 0 Å². The van der Waals surface area contributed by atoms with E-state index in [1.54, 1.807) is 6.20 Å². The minimum absolute atomic E-state index is 0.143. The largest absolute Gasteiger partial charge is 0.318 e. The van der Waals surface area contributed by atoms with E-state index in [0.717, 1.165) is 25.3 Å². The predicted molar refractivity (Wildman–Crippen MR) is 54.5 cm³/mol. The summed E-state index contributed by atoms with van der Waals surface area (Å²) in [5.74, 6) is 0.924. The van der Waals surface area contributed by atoms with Gasteiger partial charge in [0.2, 0.25) is 0 Å². The summed E-state index contributed by atoms with van der Waals surface area (Å²) >= 11 is 0. The van der Waals surface area contributed by atoms with Crippen molar-refractivity contribution in [3.8, 4) is 6.07 Å². The fraction of sp³-hybridized carbons (Fsp3) is 0.600. The van der Waals surface area contributed by atoms with Crippen molar-refractivity contribution in [3.05, 3.63) is 18.2 Å². The molecule has 4 heteroatoms. The van der Waals surface area contributed by atoms with Crippen LogP contribution in [0.3, 0.4) is 0 Å². The molecule has 0 aromatic carbocycles. The molecule has 0 fully saturated rings. The lowest BCUT2D eigenvalue weighted by Gasteiger charge is -2.09. The molecule has 1 aromatic rings. The van der Waals surface area contributed by atoms with Crippen LogP contribution in [0.2, 0.25) is 0 Å². The van der Waals surface area contributed by atoms with E-state index in [-0.39, 0.29) is 6.04 Å². The number of imidazole rings is 1. The molecular weight excluding hydrogens is 176 g/mol. The van der Waals surface area contributed by atoms with Gasteiger partial charge >= 0.3 is 0 Å². The van der Waals surface area contributed by atoms with Crippen LogP contribution in [0, 0.1) is 11.3 Å². The molecule has 1 N–H and O–H groups in total. The van der Waals surface area contributed by atoms with Crippen molar-refractivity contribution in [3.63, 3.8) is 0 Å². The van der Waals surface area contributed by atoms with E-state index in [1.165, 1.54) is 0 Å². The second-order valence-corrected chi connectivity index (χ2v) is 3.23. The van der Waals surface area contributed by atoms with Crippen LogP contribution in [0.25, 0.3) is 0 Å². The molecule has 0 amide bonds. The zero-order valence-corrected chi connectivity index (χ0v) is 8.70. The summed E-state index contributed by atoms with van der Waals surface area (Å²) in [5, 5.41) is 12.0. The van der Waals surface area contributed by atoms with Crippen LogP contribution in [0.1, 0.15) is 32.1 Å². The highest BCUT2D eigenvalue weighted by Gasteiger charge is 2.07. The predicted octanol–water partition coefficient (Wildman–Crippen LogP) is 1.47. The molecule has 0 saturated carbocycles. The Balaban J connectivity index is 2.59. The van der Waals surface area contributed by atoms with Gasteiger partial charge < -0.3 is 9.88 Å². The van der Waals surface area contributed by atoms with E-state index in [9.17, 15) is 0 Å². The van der Waals surface area contributed by atoms with E-state index in [1.807, 2.05) is 17.7 Å². The summed E-state index contributed by atoms with van der Waals surface area (Å²) in [4.78, 5) is 4.21. The summed E-state index contributed by atoms with van der Waals surface area (Å²) in [6.45, 7) is 5.70. The fourth-order valence-corrected chi connectivity index (χ4v) is 1.27. The van der Waals surface area contributed by atoms with Crippen molar-refractivity contribution in [2.45, 2.75) is 32.9 Å². The Bertz CT molecular complexity index is 310. The summed E-state index contributed by atoms with van der Waals surface area (Å²) in [7, 11) is 0. The number of hydrogen-bond donors (Lipinski definition) is 1. The Kier molecular flexibility index (Phi) is 4.14. The van der Waals surface area contributed by atoms with Crippen molar-refractivity contribution in [2.24, 2.45) is 0 Å². The molecule has 1 heterocycles. The summed E-state index contributed by atoms with van der Waals surface area (Å²) in [6.07, 6.45) is 4.68. The second-order valence-electron chi connectivity index (χ2n) is 3.23. The van der Waals surface area contributed by atoms with Gasteiger partial charge in [-0.3, -0.25) is 0 Å². The molecule has 0 radical (unpaired) electrons. The zero-order valence-electron chi connectivity index (χ0n) is 8.70. The summed E-state index contributed by atoms with van der Waals surface area (Å²) < 4.78 is 1.89. The van der Waals surface area contributed by atoms with Gasteiger partial charge in [0, 0.05) is 12.4 Å². The van der Waals surface area contributed by atoms with Gasteiger partial charge in [-0.05, 0) is 19.9 Å². The number of rotatable bonds is 5. The number of nitrogens with zero attached hydrogens (tertiary/aromatic N) is 3. The molecule has 1 aromatic heterocycles. The Morgan fingerprint density at radius 2 is 2.50 bits per heavy atom. The first kappa shape index (κ1) is 10.7. The third-order valence-corrected chi connectivity index (χ3v) is 2.06. The maximum Gasteiger partial charge on any atom is 0.123 e. The van der Waals surface area contributed by atoms with Crippen LogP contribution in [0.5, 0.6) is 0 Å². The molecule has 0 aliphatic carbocycles. The maximum atomic E-state index is 8.78. The van der Waals surface area contributed by atoms with Crippen molar-refractivity contribution < 1.29 is 0 Å². The summed E-state index contributed by atoms with van der Waals surface area (Å²) in [6, 6.07) is 2.05. The van der Waals surface area contributed by atoms with Crippen molar-refractivity contribution in [2.75, 3.05) is 6.54 Å². The third kappa shape index (κ3) is 2.57. The van der Waals surface area contributed by atoms with Gasteiger partial charge in [-0.2, -0.15) is 5.26 Å². The van der Waals surface area contributed by atoms with Gasteiger partial charge in [0.15, 0.2) is 0 Å². The molecule has 0 bridgehead atoms.